The van der Waals surface area contributed by atoms with Crippen molar-refractivity contribution in [2.75, 3.05) is 13.2 Å². The highest BCUT2D eigenvalue weighted by Crippen LogP contribution is 2.44. The number of hydrogen-bond donors (Lipinski definition) is 0. The van der Waals surface area contributed by atoms with Gasteiger partial charge >= 0.3 is 0 Å². The second-order valence-electron chi connectivity index (χ2n) is 5.96. The number of ether oxygens (including phenoxy) is 1. The summed E-state index contributed by atoms with van der Waals surface area (Å²) < 4.78 is 5.42. The second kappa shape index (κ2) is 8.26. The van der Waals surface area contributed by atoms with Gasteiger partial charge in [-0.25, -0.2) is 0 Å². The predicted molar refractivity (Wildman–Crippen MR) is 89.2 cm³/mol. The molecule has 1 fully saturated rings. The van der Waals surface area contributed by atoms with Crippen LogP contribution in [0.15, 0.2) is 34.4 Å². The Kier molecular flexibility index (Phi) is 7.36. The monoisotopic (exact) mass is 316 g/mol. The molecular weight excluding hydrogens is 291 g/mol. The van der Waals surface area contributed by atoms with Gasteiger partial charge in [-0.1, -0.05) is 63.0 Å². The molecule has 0 N–H and O–H groups in total. The molecule has 1 rings (SSSR count). The van der Waals surface area contributed by atoms with Crippen LogP contribution in [0.2, 0.25) is 0 Å². The third-order valence-electron chi connectivity index (χ3n) is 3.81. The number of hydrogen-bond acceptors (Lipinski definition) is 1. The van der Waals surface area contributed by atoms with Gasteiger partial charge in [0.15, 0.2) is 0 Å². The summed E-state index contributed by atoms with van der Waals surface area (Å²) in [7, 11) is 0. The zero-order valence-electron chi connectivity index (χ0n) is 12.8. The van der Waals surface area contributed by atoms with Crippen LogP contribution in [0.4, 0.5) is 0 Å². The lowest BCUT2D eigenvalue weighted by atomic mass is 9.73. The molecule has 0 aromatic carbocycles. The highest BCUT2D eigenvalue weighted by Gasteiger charge is 2.40. The molecule has 0 bridgehead atoms. The van der Waals surface area contributed by atoms with Gasteiger partial charge in [0, 0.05) is 15.5 Å². The minimum absolute atomic E-state index is 0.107. The molecule has 20 heavy (non-hydrogen) atoms. The van der Waals surface area contributed by atoms with Gasteiger partial charge in [-0.05, 0) is 36.8 Å². The van der Waals surface area contributed by atoms with Crippen molar-refractivity contribution < 1.29 is 4.74 Å². The van der Waals surface area contributed by atoms with Crippen molar-refractivity contribution in [1.29, 1.82) is 0 Å². The van der Waals surface area contributed by atoms with E-state index >= 15 is 0 Å². The Morgan fingerprint density at radius 2 is 2.05 bits per heavy atom. The molecule has 114 valence electrons. The van der Waals surface area contributed by atoms with E-state index in [-0.39, 0.29) is 5.41 Å². The molecule has 1 heterocycles. The van der Waals surface area contributed by atoms with Crippen LogP contribution in [-0.4, -0.2) is 13.2 Å². The van der Waals surface area contributed by atoms with E-state index in [0.717, 1.165) is 43.9 Å². The first-order chi connectivity index (χ1) is 9.40. The number of halogens is 2. The molecule has 1 nitrogen and oxygen atoms in total. The van der Waals surface area contributed by atoms with Gasteiger partial charge in [0.1, 0.15) is 0 Å². The lowest BCUT2D eigenvalue weighted by Gasteiger charge is -2.43. The summed E-state index contributed by atoms with van der Waals surface area (Å²) in [5.74, 6) is 0.403. The summed E-state index contributed by atoms with van der Waals surface area (Å²) >= 11 is 12.4. The van der Waals surface area contributed by atoms with Crippen molar-refractivity contribution >= 4 is 23.2 Å². The summed E-state index contributed by atoms with van der Waals surface area (Å²) in [6, 6.07) is 0. The molecule has 0 spiro atoms. The minimum atomic E-state index is 0.107. The first kappa shape index (κ1) is 17.8. The number of allylic oxidation sites excluding steroid dienone is 4. The minimum Gasteiger partial charge on any atom is -0.379 e. The van der Waals surface area contributed by atoms with Gasteiger partial charge in [-0.2, -0.15) is 0 Å². The fourth-order valence-corrected chi connectivity index (χ4v) is 3.38. The molecular formula is C17H26Cl2O. The van der Waals surface area contributed by atoms with Crippen molar-refractivity contribution in [3.8, 4) is 0 Å². The second-order valence-corrected chi connectivity index (χ2v) is 6.90. The lowest BCUT2D eigenvalue weighted by Crippen LogP contribution is -2.43. The SMILES string of the molecule is C=C(Cl)/C=C/CC(C)/C(=C(/Cl)CCCC)C1(C)COC1. The number of unbranched alkanes of at least 4 members (excludes halogenated alkanes) is 1. The van der Waals surface area contributed by atoms with Gasteiger partial charge in [0.05, 0.1) is 13.2 Å². The Morgan fingerprint density at radius 1 is 1.40 bits per heavy atom. The summed E-state index contributed by atoms with van der Waals surface area (Å²) in [5, 5.41) is 1.60. The molecule has 0 radical (unpaired) electrons. The maximum atomic E-state index is 6.62. The van der Waals surface area contributed by atoms with Crippen LogP contribution < -0.4 is 0 Å². The molecule has 1 aliphatic heterocycles. The van der Waals surface area contributed by atoms with E-state index in [2.05, 4.69) is 33.4 Å². The average molecular weight is 317 g/mol. The Labute approximate surface area is 133 Å². The zero-order chi connectivity index (χ0) is 15.2. The van der Waals surface area contributed by atoms with Crippen molar-refractivity contribution in [2.24, 2.45) is 11.3 Å². The molecule has 0 amide bonds. The van der Waals surface area contributed by atoms with E-state index in [1.165, 1.54) is 5.57 Å². The predicted octanol–water partition coefficient (Wildman–Crippen LogP) is 6.04. The molecule has 1 unspecified atom stereocenters. The van der Waals surface area contributed by atoms with Gasteiger partial charge < -0.3 is 4.74 Å². The summed E-state index contributed by atoms with van der Waals surface area (Å²) in [4.78, 5) is 0. The maximum absolute atomic E-state index is 6.62. The average Bonchev–Trinajstić information content (AvgIpc) is 2.34. The standard InChI is InChI=1S/C17H26Cl2O/c1-5-6-10-15(19)16(17(4)11-20-12-17)13(2)8-7-9-14(3)18/h7,9,13H,3,5-6,8,10-12H2,1-2,4H3/b9-7+,16-15-. The van der Waals surface area contributed by atoms with Gasteiger partial charge in [0.25, 0.3) is 0 Å². The first-order valence-corrected chi connectivity index (χ1v) is 8.14. The van der Waals surface area contributed by atoms with Crippen molar-refractivity contribution in [3.05, 3.63) is 34.4 Å². The van der Waals surface area contributed by atoms with Crippen LogP contribution in [0.3, 0.4) is 0 Å². The van der Waals surface area contributed by atoms with Crippen LogP contribution in [0.25, 0.3) is 0 Å². The van der Waals surface area contributed by atoms with Crippen LogP contribution in [0.5, 0.6) is 0 Å². The van der Waals surface area contributed by atoms with Gasteiger partial charge in [-0.15, -0.1) is 0 Å². The molecule has 1 atom stereocenters. The topological polar surface area (TPSA) is 9.23 Å². The Hall–Kier alpha value is -0.240. The van der Waals surface area contributed by atoms with Crippen LogP contribution in [0, 0.1) is 11.3 Å². The van der Waals surface area contributed by atoms with Gasteiger partial charge in [0.2, 0.25) is 0 Å². The summed E-state index contributed by atoms with van der Waals surface area (Å²) in [6.45, 7) is 11.9. The van der Waals surface area contributed by atoms with Crippen molar-refractivity contribution in [1.82, 2.24) is 0 Å². The van der Waals surface area contributed by atoms with E-state index in [9.17, 15) is 0 Å². The normalized spacial score (nSPS) is 20.4. The molecule has 1 saturated heterocycles. The highest BCUT2D eigenvalue weighted by molar-refractivity contribution is 6.30. The van der Waals surface area contributed by atoms with Crippen LogP contribution in [-0.2, 0) is 4.74 Å². The lowest BCUT2D eigenvalue weighted by molar-refractivity contribution is -0.0825. The molecule has 0 aromatic rings. The summed E-state index contributed by atoms with van der Waals surface area (Å²) in [5.41, 5.74) is 1.47. The van der Waals surface area contributed by atoms with Crippen molar-refractivity contribution in [2.45, 2.75) is 46.5 Å². The highest BCUT2D eigenvalue weighted by atomic mass is 35.5. The third-order valence-corrected chi connectivity index (χ3v) is 4.33. The number of rotatable bonds is 8. The van der Waals surface area contributed by atoms with E-state index in [4.69, 9.17) is 27.9 Å². The molecule has 0 aliphatic carbocycles. The Balaban J connectivity index is 2.84. The largest absolute Gasteiger partial charge is 0.379 e. The summed E-state index contributed by atoms with van der Waals surface area (Å²) in [6.07, 6.45) is 8.14. The maximum Gasteiger partial charge on any atom is 0.0580 e. The van der Waals surface area contributed by atoms with E-state index in [0.29, 0.717) is 11.0 Å². The van der Waals surface area contributed by atoms with Crippen LogP contribution in [0.1, 0.15) is 46.5 Å². The zero-order valence-corrected chi connectivity index (χ0v) is 14.4. The van der Waals surface area contributed by atoms with E-state index < -0.39 is 0 Å². The quantitative estimate of drug-likeness (QED) is 0.496. The van der Waals surface area contributed by atoms with E-state index in [1.54, 1.807) is 0 Å². The molecule has 1 aliphatic rings. The molecule has 0 saturated carbocycles. The molecule has 0 aromatic heterocycles. The fourth-order valence-electron chi connectivity index (χ4n) is 2.74. The molecule has 3 heteroatoms. The van der Waals surface area contributed by atoms with Gasteiger partial charge in [-0.3, -0.25) is 0 Å². The third kappa shape index (κ3) is 4.95. The smallest absolute Gasteiger partial charge is 0.0580 e. The van der Waals surface area contributed by atoms with Crippen molar-refractivity contribution in [3.63, 3.8) is 0 Å². The fraction of sp³-hybridized carbons (Fsp3) is 0.647. The Bertz CT molecular complexity index is 392. The van der Waals surface area contributed by atoms with Crippen LogP contribution >= 0.6 is 23.2 Å². The first-order valence-electron chi connectivity index (χ1n) is 7.38. The Morgan fingerprint density at radius 3 is 2.50 bits per heavy atom. The van der Waals surface area contributed by atoms with E-state index in [1.807, 2.05) is 6.08 Å².